The Kier molecular flexibility index (Phi) is 3.61. The van der Waals surface area contributed by atoms with E-state index in [4.69, 9.17) is 4.74 Å². The predicted molar refractivity (Wildman–Crippen MR) is 64.3 cm³/mol. The quantitative estimate of drug-likeness (QED) is 0.822. The van der Waals surface area contributed by atoms with E-state index in [9.17, 15) is 4.79 Å². The highest BCUT2D eigenvalue weighted by Gasteiger charge is 2.36. The van der Waals surface area contributed by atoms with E-state index in [-0.39, 0.29) is 11.4 Å². The van der Waals surface area contributed by atoms with Gasteiger partial charge in [-0.25, -0.2) is 0 Å². The van der Waals surface area contributed by atoms with Crippen LogP contribution in [0, 0.1) is 5.41 Å². The molecule has 0 aromatic carbocycles. The Bertz CT molecular complexity index is 342. The molecular formula is C12H17NO2S. The molecule has 1 fully saturated rings. The van der Waals surface area contributed by atoms with Gasteiger partial charge in [-0.15, -0.1) is 11.3 Å². The van der Waals surface area contributed by atoms with Gasteiger partial charge in [-0.05, 0) is 44.3 Å². The maximum absolute atomic E-state index is 12.0. The number of hydrogen-bond acceptors (Lipinski definition) is 4. The number of nitrogens with one attached hydrogen (secondary N) is 1. The molecule has 2 heterocycles. The summed E-state index contributed by atoms with van der Waals surface area (Å²) in [5, 5.41) is 5.25. The van der Waals surface area contributed by atoms with Crippen LogP contribution in [-0.2, 0) is 16.1 Å². The average Bonchev–Trinajstić information content (AvgIpc) is 2.79. The average molecular weight is 239 g/mol. The number of ether oxygens (including phenoxy) is 1. The first-order valence-corrected chi connectivity index (χ1v) is 6.49. The second-order valence-corrected chi connectivity index (χ2v) is 5.50. The number of piperidine rings is 1. The zero-order valence-corrected chi connectivity index (χ0v) is 10.3. The second kappa shape index (κ2) is 4.97. The molecule has 0 spiro atoms. The third kappa shape index (κ3) is 2.62. The topological polar surface area (TPSA) is 38.3 Å². The second-order valence-electron chi connectivity index (χ2n) is 4.47. The molecule has 0 unspecified atom stereocenters. The molecule has 0 saturated carbocycles. The van der Waals surface area contributed by atoms with Crippen LogP contribution in [0.3, 0.4) is 0 Å². The number of thiophene rings is 1. The summed E-state index contributed by atoms with van der Waals surface area (Å²) in [5.41, 5.74) is -0.289. The molecule has 88 valence electrons. The van der Waals surface area contributed by atoms with Crippen molar-refractivity contribution in [3.05, 3.63) is 22.4 Å². The summed E-state index contributed by atoms with van der Waals surface area (Å²) in [7, 11) is 0. The van der Waals surface area contributed by atoms with Gasteiger partial charge in [-0.2, -0.15) is 0 Å². The van der Waals surface area contributed by atoms with Crippen molar-refractivity contribution in [1.82, 2.24) is 5.32 Å². The first-order chi connectivity index (χ1) is 7.71. The molecule has 0 bridgehead atoms. The summed E-state index contributed by atoms with van der Waals surface area (Å²) in [4.78, 5) is 13.1. The third-order valence-electron chi connectivity index (χ3n) is 3.13. The summed E-state index contributed by atoms with van der Waals surface area (Å²) in [6.07, 6.45) is 1.74. The standard InChI is InChI=1S/C12H17NO2S/c1-12(4-6-13-7-5-12)11(14)15-9-10-3-2-8-16-10/h2-3,8,13H,4-7,9H2,1H3. The Labute approximate surface area is 99.8 Å². The predicted octanol–water partition coefficient (Wildman–Crippen LogP) is 2.18. The lowest BCUT2D eigenvalue weighted by Gasteiger charge is -2.31. The zero-order valence-electron chi connectivity index (χ0n) is 9.49. The highest BCUT2D eigenvalue weighted by atomic mass is 32.1. The summed E-state index contributed by atoms with van der Waals surface area (Å²) >= 11 is 1.62. The van der Waals surface area contributed by atoms with Crippen LogP contribution in [0.15, 0.2) is 17.5 Å². The molecule has 0 radical (unpaired) electrons. The van der Waals surface area contributed by atoms with E-state index >= 15 is 0 Å². The number of carbonyl (C=O) groups excluding carboxylic acids is 1. The molecule has 4 heteroatoms. The van der Waals surface area contributed by atoms with Gasteiger partial charge in [0.1, 0.15) is 6.61 Å². The fraction of sp³-hybridized carbons (Fsp3) is 0.583. The highest BCUT2D eigenvalue weighted by molar-refractivity contribution is 7.09. The minimum absolute atomic E-state index is 0.0533. The van der Waals surface area contributed by atoms with Gasteiger partial charge in [0.25, 0.3) is 0 Å². The van der Waals surface area contributed by atoms with Crippen molar-refractivity contribution in [2.24, 2.45) is 5.41 Å². The molecule has 16 heavy (non-hydrogen) atoms. The van der Waals surface area contributed by atoms with E-state index in [0.29, 0.717) is 6.61 Å². The summed E-state index contributed by atoms with van der Waals surface area (Å²) < 4.78 is 5.37. The van der Waals surface area contributed by atoms with E-state index in [1.54, 1.807) is 11.3 Å². The van der Waals surface area contributed by atoms with Crippen molar-refractivity contribution in [2.45, 2.75) is 26.4 Å². The van der Waals surface area contributed by atoms with Crippen LogP contribution in [0.25, 0.3) is 0 Å². The first kappa shape index (κ1) is 11.6. The van der Waals surface area contributed by atoms with Gasteiger partial charge in [0, 0.05) is 4.88 Å². The Morgan fingerprint density at radius 3 is 2.94 bits per heavy atom. The molecular weight excluding hydrogens is 222 g/mol. The zero-order chi connectivity index (χ0) is 11.4. The molecule has 1 N–H and O–H groups in total. The Balaban J connectivity index is 1.87. The largest absolute Gasteiger partial charge is 0.460 e. The van der Waals surface area contributed by atoms with Gasteiger partial charge >= 0.3 is 5.97 Å². The number of esters is 1. The molecule has 0 amide bonds. The van der Waals surface area contributed by atoms with Crippen molar-refractivity contribution < 1.29 is 9.53 Å². The lowest BCUT2D eigenvalue weighted by molar-refractivity contribution is -0.157. The van der Waals surface area contributed by atoms with Crippen LogP contribution in [0.1, 0.15) is 24.6 Å². The summed E-state index contributed by atoms with van der Waals surface area (Å²) in [6, 6.07) is 3.96. The third-order valence-corrected chi connectivity index (χ3v) is 3.98. The Hall–Kier alpha value is -0.870. The van der Waals surface area contributed by atoms with E-state index in [1.807, 2.05) is 24.4 Å². The van der Waals surface area contributed by atoms with E-state index in [0.717, 1.165) is 30.8 Å². The molecule has 1 aliphatic heterocycles. The molecule has 0 atom stereocenters. The molecule has 3 nitrogen and oxygen atoms in total. The Morgan fingerprint density at radius 2 is 2.31 bits per heavy atom. The Morgan fingerprint density at radius 1 is 1.56 bits per heavy atom. The molecule has 1 aliphatic rings. The van der Waals surface area contributed by atoms with Crippen LogP contribution in [0.5, 0.6) is 0 Å². The monoisotopic (exact) mass is 239 g/mol. The smallest absolute Gasteiger partial charge is 0.312 e. The number of hydrogen-bond donors (Lipinski definition) is 1. The SMILES string of the molecule is CC1(C(=O)OCc2cccs2)CCNCC1. The van der Waals surface area contributed by atoms with E-state index in [1.165, 1.54) is 0 Å². The number of carbonyl (C=O) groups is 1. The normalized spacial score (nSPS) is 19.3. The lowest BCUT2D eigenvalue weighted by atomic mass is 9.81. The first-order valence-electron chi connectivity index (χ1n) is 5.61. The molecule has 1 aromatic heterocycles. The lowest BCUT2D eigenvalue weighted by Crippen LogP contribution is -2.40. The molecule has 1 aromatic rings. The maximum Gasteiger partial charge on any atom is 0.312 e. The van der Waals surface area contributed by atoms with Gasteiger partial charge in [0.2, 0.25) is 0 Å². The van der Waals surface area contributed by atoms with Crippen molar-refractivity contribution >= 4 is 17.3 Å². The molecule has 2 rings (SSSR count). The fourth-order valence-corrected chi connectivity index (χ4v) is 2.50. The summed E-state index contributed by atoms with van der Waals surface area (Å²) in [5.74, 6) is -0.0533. The van der Waals surface area contributed by atoms with Gasteiger partial charge in [0.15, 0.2) is 0 Å². The van der Waals surface area contributed by atoms with Crippen molar-refractivity contribution in [2.75, 3.05) is 13.1 Å². The van der Waals surface area contributed by atoms with Gasteiger partial charge < -0.3 is 10.1 Å². The highest BCUT2D eigenvalue weighted by Crippen LogP contribution is 2.29. The number of rotatable bonds is 3. The molecule has 1 saturated heterocycles. The summed E-state index contributed by atoms with van der Waals surface area (Å²) in [6.45, 7) is 4.24. The molecule has 0 aliphatic carbocycles. The van der Waals surface area contributed by atoms with Crippen LogP contribution < -0.4 is 5.32 Å². The van der Waals surface area contributed by atoms with Crippen molar-refractivity contribution in [3.8, 4) is 0 Å². The van der Waals surface area contributed by atoms with Crippen LogP contribution >= 0.6 is 11.3 Å². The van der Waals surface area contributed by atoms with E-state index in [2.05, 4.69) is 5.32 Å². The van der Waals surface area contributed by atoms with Crippen LogP contribution in [0.4, 0.5) is 0 Å². The van der Waals surface area contributed by atoms with E-state index < -0.39 is 0 Å². The van der Waals surface area contributed by atoms with Crippen LogP contribution in [0.2, 0.25) is 0 Å². The van der Waals surface area contributed by atoms with Gasteiger partial charge in [-0.3, -0.25) is 4.79 Å². The van der Waals surface area contributed by atoms with Crippen molar-refractivity contribution in [3.63, 3.8) is 0 Å². The fourth-order valence-electron chi connectivity index (χ4n) is 1.89. The minimum atomic E-state index is -0.289. The maximum atomic E-state index is 12.0. The van der Waals surface area contributed by atoms with Gasteiger partial charge in [-0.1, -0.05) is 6.07 Å². The van der Waals surface area contributed by atoms with Crippen LogP contribution in [-0.4, -0.2) is 19.1 Å². The van der Waals surface area contributed by atoms with Crippen molar-refractivity contribution in [1.29, 1.82) is 0 Å². The minimum Gasteiger partial charge on any atom is -0.460 e. The van der Waals surface area contributed by atoms with Gasteiger partial charge in [0.05, 0.1) is 5.41 Å².